The summed E-state index contributed by atoms with van der Waals surface area (Å²) >= 11 is 0. The third-order valence-electron chi connectivity index (χ3n) is 1.97. The predicted molar refractivity (Wildman–Crippen MR) is 45.8 cm³/mol. The molecule has 1 heterocycles. The Morgan fingerprint density at radius 1 is 1.31 bits per heavy atom. The summed E-state index contributed by atoms with van der Waals surface area (Å²) in [5.41, 5.74) is 0. The number of carbonyl (C=O) groups is 1. The molecule has 9 nitrogen and oxygen atoms in total. The van der Waals surface area contributed by atoms with Gasteiger partial charge in [0, 0.05) is 0 Å². The second-order valence-corrected chi connectivity index (χ2v) is 4.18. The minimum Gasteiger partial charge on any atom is -0.479 e. The van der Waals surface area contributed by atoms with Crippen molar-refractivity contribution < 1.29 is 42.0 Å². The maximum absolute atomic E-state index is 10.5. The first-order chi connectivity index (χ1) is 7.22. The quantitative estimate of drug-likeness (QED) is 0.399. The monoisotopic (exact) mass is 258 g/mol. The molecule has 94 valence electrons. The Kier molecular flexibility index (Phi) is 3.83. The molecule has 4 N–H and O–H groups in total. The predicted octanol–water partition coefficient (Wildman–Crippen LogP) is -2.62. The first-order valence-corrected chi connectivity index (χ1v) is 5.45. The zero-order valence-electron chi connectivity index (χ0n) is 7.75. The van der Waals surface area contributed by atoms with Gasteiger partial charge in [0.2, 0.25) is 0 Å². The van der Waals surface area contributed by atoms with Crippen LogP contribution in [0.2, 0.25) is 0 Å². The first kappa shape index (κ1) is 13.3. The highest BCUT2D eigenvalue weighted by Gasteiger charge is 2.44. The van der Waals surface area contributed by atoms with Crippen molar-refractivity contribution in [1.82, 2.24) is 0 Å². The van der Waals surface area contributed by atoms with E-state index < -0.39 is 47.4 Å². The van der Waals surface area contributed by atoms with Gasteiger partial charge < -0.3 is 20.1 Å². The third-order valence-corrected chi connectivity index (χ3v) is 2.46. The van der Waals surface area contributed by atoms with Gasteiger partial charge in [0.25, 0.3) is 0 Å². The molecule has 4 unspecified atom stereocenters. The average molecular weight is 258 g/mol. The topological polar surface area (TPSA) is 151 Å². The Balaban J connectivity index is 2.72. The summed E-state index contributed by atoms with van der Waals surface area (Å²) in [7, 11) is -4.82. The van der Waals surface area contributed by atoms with E-state index in [0.717, 1.165) is 0 Å². The van der Waals surface area contributed by atoms with Gasteiger partial charge in [-0.1, -0.05) is 0 Å². The first-order valence-electron chi connectivity index (χ1n) is 4.08. The van der Waals surface area contributed by atoms with E-state index in [-0.39, 0.29) is 0 Å². The van der Waals surface area contributed by atoms with Gasteiger partial charge in [0.05, 0.1) is 6.61 Å². The molecular weight excluding hydrogens is 248 g/mol. The zero-order valence-corrected chi connectivity index (χ0v) is 8.57. The fourth-order valence-electron chi connectivity index (χ4n) is 1.25. The van der Waals surface area contributed by atoms with Gasteiger partial charge in [-0.25, -0.2) is 8.98 Å². The summed E-state index contributed by atoms with van der Waals surface area (Å²) in [4.78, 5) is 10.5. The summed E-state index contributed by atoms with van der Waals surface area (Å²) in [6.07, 6.45) is -6.87. The van der Waals surface area contributed by atoms with Crippen LogP contribution < -0.4 is 0 Å². The van der Waals surface area contributed by atoms with Crippen molar-refractivity contribution in [2.24, 2.45) is 0 Å². The van der Waals surface area contributed by atoms with Crippen LogP contribution in [0.3, 0.4) is 0 Å². The Labute approximate surface area is 90.2 Å². The number of aliphatic hydroxyl groups is 2. The van der Waals surface area contributed by atoms with Crippen molar-refractivity contribution in [2.45, 2.75) is 24.4 Å². The molecule has 1 fully saturated rings. The number of carboxylic acid groups (broad SMARTS) is 1. The Morgan fingerprint density at radius 2 is 1.88 bits per heavy atom. The van der Waals surface area contributed by atoms with E-state index in [1.165, 1.54) is 0 Å². The van der Waals surface area contributed by atoms with Crippen LogP contribution in [-0.2, 0) is 24.1 Å². The van der Waals surface area contributed by atoms with Crippen molar-refractivity contribution in [2.75, 3.05) is 6.61 Å². The lowest BCUT2D eigenvalue weighted by molar-refractivity contribution is -0.197. The number of hydrogen-bond donors (Lipinski definition) is 4. The molecule has 4 atom stereocenters. The van der Waals surface area contributed by atoms with Crippen molar-refractivity contribution in [3.8, 4) is 0 Å². The summed E-state index contributed by atoms with van der Waals surface area (Å²) < 4.78 is 37.6. The number of rotatable bonds is 3. The molecule has 0 spiro atoms. The van der Waals surface area contributed by atoms with Crippen LogP contribution in [0.5, 0.6) is 0 Å². The van der Waals surface area contributed by atoms with Gasteiger partial charge in [-0.3, -0.25) is 4.55 Å². The second kappa shape index (κ2) is 4.61. The van der Waals surface area contributed by atoms with Crippen molar-refractivity contribution >= 4 is 16.4 Å². The molecule has 1 rings (SSSR count). The van der Waals surface area contributed by atoms with Crippen LogP contribution in [0.4, 0.5) is 0 Å². The Bertz CT molecular complexity index is 362. The molecule has 0 aliphatic carbocycles. The van der Waals surface area contributed by atoms with Crippen LogP contribution in [0.15, 0.2) is 0 Å². The molecule has 1 aliphatic heterocycles. The van der Waals surface area contributed by atoms with E-state index in [4.69, 9.17) is 9.66 Å². The SMILES string of the molecule is O=C(O)C1OCC(OS(=O)(=O)O)C(O)C1O. The normalized spacial score (nSPS) is 35.9. The van der Waals surface area contributed by atoms with Crippen molar-refractivity contribution in [3.63, 3.8) is 0 Å². The van der Waals surface area contributed by atoms with Crippen molar-refractivity contribution in [1.29, 1.82) is 0 Å². The molecule has 0 aromatic carbocycles. The Morgan fingerprint density at radius 3 is 2.31 bits per heavy atom. The van der Waals surface area contributed by atoms with E-state index in [1.807, 2.05) is 0 Å². The van der Waals surface area contributed by atoms with Crippen LogP contribution in [-0.4, -0.2) is 65.3 Å². The molecule has 0 aromatic rings. The Hall–Kier alpha value is -0.780. The van der Waals surface area contributed by atoms with Crippen molar-refractivity contribution in [3.05, 3.63) is 0 Å². The maximum Gasteiger partial charge on any atom is 0.397 e. The zero-order chi connectivity index (χ0) is 12.5. The molecule has 0 saturated carbocycles. The van der Waals surface area contributed by atoms with E-state index in [1.54, 1.807) is 0 Å². The minimum atomic E-state index is -4.82. The number of hydrogen-bond acceptors (Lipinski definition) is 7. The van der Waals surface area contributed by atoms with E-state index >= 15 is 0 Å². The molecule has 1 saturated heterocycles. The molecule has 0 amide bonds. The highest BCUT2D eigenvalue weighted by Crippen LogP contribution is 2.19. The van der Waals surface area contributed by atoms with Gasteiger partial charge in [-0.15, -0.1) is 0 Å². The second-order valence-electron chi connectivity index (χ2n) is 3.14. The number of ether oxygens (including phenoxy) is 1. The fourth-order valence-corrected chi connectivity index (χ4v) is 1.73. The van der Waals surface area contributed by atoms with Gasteiger partial charge in [0.1, 0.15) is 18.3 Å². The summed E-state index contributed by atoms with van der Waals surface area (Å²) in [5.74, 6) is -1.50. The summed E-state index contributed by atoms with van der Waals surface area (Å²) in [5, 5.41) is 27.1. The molecular formula is C6H10O9S. The lowest BCUT2D eigenvalue weighted by Gasteiger charge is -2.34. The summed E-state index contributed by atoms with van der Waals surface area (Å²) in [6, 6.07) is 0. The number of aliphatic hydroxyl groups excluding tert-OH is 2. The lowest BCUT2D eigenvalue weighted by atomic mass is 10.0. The van der Waals surface area contributed by atoms with Crippen LogP contribution >= 0.6 is 0 Å². The van der Waals surface area contributed by atoms with Gasteiger partial charge in [-0.2, -0.15) is 8.42 Å². The molecule has 1 aliphatic rings. The number of aliphatic carboxylic acids is 1. The standard InChI is InChI=1S/C6H10O9S/c7-3-2(15-16(11,12)13)1-14-5(4(3)8)6(9)10/h2-5,7-8H,1H2,(H,9,10)(H,11,12,13). The van der Waals surface area contributed by atoms with Gasteiger partial charge in [0.15, 0.2) is 6.10 Å². The molecule has 10 heteroatoms. The van der Waals surface area contributed by atoms with Gasteiger partial charge >= 0.3 is 16.4 Å². The van der Waals surface area contributed by atoms with Crippen LogP contribution in [0, 0.1) is 0 Å². The van der Waals surface area contributed by atoms with E-state index in [2.05, 4.69) is 8.92 Å². The van der Waals surface area contributed by atoms with Crippen LogP contribution in [0.25, 0.3) is 0 Å². The maximum atomic E-state index is 10.5. The number of carboxylic acids is 1. The van der Waals surface area contributed by atoms with Gasteiger partial charge in [-0.05, 0) is 0 Å². The molecule has 16 heavy (non-hydrogen) atoms. The summed E-state index contributed by atoms with van der Waals surface area (Å²) in [6.45, 7) is -0.588. The lowest BCUT2D eigenvalue weighted by Crippen LogP contribution is -2.56. The highest BCUT2D eigenvalue weighted by atomic mass is 32.3. The van der Waals surface area contributed by atoms with E-state index in [0.29, 0.717) is 0 Å². The molecule has 0 aromatic heterocycles. The van der Waals surface area contributed by atoms with Crippen LogP contribution in [0.1, 0.15) is 0 Å². The minimum absolute atomic E-state index is 0.588. The molecule has 0 bridgehead atoms. The largest absolute Gasteiger partial charge is 0.479 e. The third kappa shape index (κ3) is 3.10. The van der Waals surface area contributed by atoms with E-state index in [9.17, 15) is 23.4 Å². The fraction of sp³-hybridized carbons (Fsp3) is 0.833. The smallest absolute Gasteiger partial charge is 0.397 e. The average Bonchev–Trinajstić information content (AvgIpc) is 2.10. The molecule has 0 radical (unpaired) electrons. The highest BCUT2D eigenvalue weighted by molar-refractivity contribution is 7.80.